The largest absolute Gasteiger partial charge is 0.395 e. The molecule has 0 bridgehead atoms. The van der Waals surface area contributed by atoms with E-state index < -0.39 is 0 Å². The van der Waals surface area contributed by atoms with Crippen LogP contribution in [0.5, 0.6) is 0 Å². The molecule has 1 heterocycles. The van der Waals surface area contributed by atoms with Crippen molar-refractivity contribution in [3.8, 4) is 0 Å². The number of rotatable bonds is 8. The van der Waals surface area contributed by atoms with E-state index in [0.29, 0.717) is 17.0 Å². The second-order valence-electron chi connectivity index (χ2n) is 4.88. The molecule has 0 atom stereocenters. The highest BCUT2D eigenvalue weighted by atomic mass is 35.5. The van der Waals surface area contributed by atoms with E-state index in [1.807, 2.05) is 32.1 Å². The topological polar surface area (TPSA) is 75.4 Å². The zero-order valence-electron chi connectivity index (χ0n) is 14.9. The van der Waals surface area contributed by atoms with Gasteiger partial charge in [0.15, 0.2) is 0 Å². The van der Waals surface area contributed by atoms with Crippen LogP contribution in [0.15, 0.2) is 34.9 Å². The molecular weight excluding hydrogens is 328 g/mol. The van der Waals surface area contributed by atoms with Crippen LogP contribution in [0.2, 0.25) is 0 Å². The highest BCUT2D eigenvalue weighted by Gasteiger charge is 2.23. The molecule has 0 aromatic carbocycles. The Labute approximate surface area is 149 Å². The third kappa shape index (κ3) is 6.34. The van der Waals surface area contributed by atoms with E-state index in [4.69, 9.17) is 9.63 Å². The summed E-state index contributed by atoms with van der Waals surface area (Å²) in [6, 6.07) is 0. The number of carbonyl (C=O) groups excluding carboxylic acids is 1. The van der Waals surface area contributed by atoms with E-state index >= 15 is 0 Å². The van der Waals surface area contributed by atoms with Crippen molar-refractivity contribution >= 4 is 23.1 Å². The maximum Gasteiger partial charge on any atom is 0.257 e. The van der Waals surface area contributed by atoms with Gasteiger partial charge in [-0.05, 0) is 32.3 Å². The van der Waals surface area contributed by atoms with Crippen LogP contribution < -0.4 is 5.32 Å². The summed E-state index contributed by atoms with van der Waals surface area (Å²) in [5.74, 6) is 0.172. The van der Waals surface area contributed by atoms with Gasteiger partial charge in [-0.1, -0.05) is 30.3 Å². The van der Waals surface area contributed by atoms with E-state index in [1.165, 1.54) is 6.38 Å². The van der Waals surface area contributed by atoms with Gasteiger partial charge in [0.25, 0.3) is 5.91 Å². The number of aryl methyl sites for hydroxylation is 1. The Morgan fingerprint density at radius 2 is 2.08 bits per heavy atom. The second kappa shape index (κ2) is 12.6. The minimum absolute atomic E-state index is 0.110. The smallest absolute Gasteiger partial charge is 0.257 e. The van der Waals surface area contributed by atoms with Crippen LogP contribution >= 0.6 is 11.6 Å². The minimum Gasteiger partial charge on any atom is -0.395 e. The third-order valence-electron chi connectivity index (χ3n) is 3.17. The Kier molecular flexibility index (Phi) is 11.6. The molecule has 24 heavy (non-hydrogen) atoms. The fourth-order valence-electron chi connectivity index (χ4n) is 2.10. The van der Waals surface area contributed by atoms with Gasteiger partial charge in [0, 0.05) is 18.5 Å². The number of hydrogen-bond acceptors (Lipinski definition) is 4. The van der Waals surface area contributed by atoms with Crippen LogP contribution in [0, 0.1) is 6.92 Å². The molecular formula is C18H27ClN2O3. The molecule has 134 valence electrons. The van der Waals surface area contributed by atoms with Crippen LogP contribution in [-0.2, 0) is 0 Å². The standard InChI is InChI=1S/C17H24N2O3.CH3Cl/c1-5-7-9-12(3)14(8-6-2)16-15(13(4)22-19-16)17(21)18-10-11-20;1-2/h5,8-9,20H,1,6-7,10-11H2,2-4H3,(H,18,21);1H3/b12-9-,14-8+;. The maximum atomic E-state index is 12.3. The SMILES string of the molecule is C=CC/C=C(C)\C(=C/CC)c1noc(C)c1C(=O)NCCO.CCl. The Morgan fingerprint density at radius 3 is 2.62 bits per heavy atom. The quantitative estimate of drug-likeness (QED) is 0.422. The van der Waals surface area contributed by atoms with Gasteiger partial charge in [-0.25, -0.2) is 0 Å². The van der Waals surface area contributed by atoms with Crippen molar-refractivity contribution in [3.63, 3.8) is 0 Å². The lowest BCUT2D eigenvalue weighted by Gasteiger charge is -2.08. The molecule has 0 spiro atoms. The van der Waals surface area contributed by atoms with Crippen molar-refractivity contribution in [2.45, 2.75) is 33.6 Å². The summed E-state index contributed by atoms with van der Waals surface area (Å²) in [5.41, 5.74) is 2.86. The van der Waals surface area contributed by atoms with Gasteiger partial charge in [0.1, 0.15) is 17.0 Å². The second-order valence-corrected chi connectivity index (χ2v) is 4.88. The zero-order valence-corrected chi connectivity index (χ0v) is 15.6. The van der Waals surface area contributed by atoms with E-state index in [0.717, 1.165) is 24.0 Å². The van der Waals surface area contributed by atoms with Crippen molar-refractivity contribution in [1.29, 1.82) is 0 Å². The van der Waals surface area contributed by atoms with Gasteiger partial charge in [-0.15, -0.1) is 18.2 Å². The van der Waals surface area contributed by atoms with Crippen LogP contribution in [-0.4, -0.2) is 35.7 Å². The summed E-state index contributed by atoms with van der Waals surface area (Å²) in [5, 5.41) is 15.5. The van der Waals surface area contributed by atoms with Crippen LogP contribution in [0.25, 0.3) is 5.57 Å². The van der Waals surface area contributed by atoms with Gasteiger partial charge in [-0.2, -0.15) is 0 Å². The molecule has 0 radical (unpaired) electrons. The number of nitrogens with zero attached hydrogens (tertiary/aromatic N) is 1. The maximum absolute atomic E-state index is 12.3. The average Bonchev–Trinajstić information content (AvgIpc) is 2.98. The number of nitrogens with one attached hydrogen (secondary N) is 1. The Bertz CT molecular complexity index is 589. The van der Waals surface area contributed by atoms with Gasteiger partial charge in [0.05, 0.1) is 6.61 Å². The average molecular weight is 355 g/mol. The molecule has 0 aliphatic heterocycles. The summed E-state index contributed by atoms with van der Waals surface area (Å²) >= 11 is 4.64. The number of alkyl halides is 1. The van der Waals surface area contributed by atoms with Crippen molar-refractivity contribution in [1.82, 2.24) is 10.5 Å². The normalized spacial score (nSPS) is 11.6. The van der Waals surface area contributed by atoms with Crippen LogP contribution in [0.4, 0.5) is 0 Å². The summed E-state index contributed by atoms with van der Waals surface area (Å²) in [6.07, 6.45) is 8.91. The zero-order chi connectivity index (χ0) is 18.5. The van der Waals surface area contributed by atoms with Crippen molar-refractivity contribution < 1.29 is 14.4 Å². The van der Waals surface area contributed by atoms with Crippen molar-refractivity contribution in [3.05, 3.63) is 47.4 Å². The summed E-state index contributed by atoms with van der Waals surface area (Å²) in [4.78, 5) is 12.3. The Balaban J connectivity index is 0.00000254. The van der Waals surface area contributed by atoms with Crippen molar-refractivity contribution in [2.75, 3.05) is 19.5 Å². The summed E-state index contributed by atoms with van der Waals surface area (Å²) in [6.45, 7) is 9.50. The fraction of sp³-hybridized carbons (Fsp3) is 0.444. The highest BCUT2D eigenvalue weighted by molar-refractivity contribution is 6.15. The number of amides is 1. The number of carbonyl (C=O) groups is 1. The Morgan fingerprint density at radius 1 is 1.42 bits per heavy atom. The summed E-state index contributed by atoms with van der Waals surface area (Å²) in [7, 11) is 0. The van der Waals surface area contributed by atoms with Gasteiger partial charge >= 0.3 is 0 Å². The molecule has 5 nitrogen and oxygen atoms in total. The van der Waals surface area contributed by atoms with Crippen LogP contribution in [0.1, 0.15) is 48.5 Å². The molecule has 1 rings (SSSR count). The molecule has 0 aliphatic carbocycles. The predicted molar refractivity (Wildman–Crippen MR) is 99.3 cm³/mol. The van der Waals surface area contributed by atoms with Gasteiger partial charge in [0.2, 0.25) is 0 Å². The molecule has 0 saturated heterocycles. The van der Waals surface area contributed by atoms with E-state index in [1.54, 1.807) is 6.92 Å². The lowest BCUT2D eigenvalue weighted by atomic mass is 9.97. The molecule has 1 amide bonds. The molecule has 0 fully saturated rings. The summed E-state index contributed by atoms with van der Waals surface area (Å²) < 4.78 is 5.22. The number of aliphatic hydroxyl groups is 1. The van der Waals surface area contributed by atoms with Gasteiger partial charge < -0.3 is 14.9 Å². The number of allylic oxidation sites excluding steroid dienone is 5. The molecule has 0 saturated carbocycles. The molecule has 6 heteroatoms. The van der Waals surface area contributed by atoms with E-state index in [2.05, 4.69) is 28.7 Å². The fourth-order valence-corrected chi connectivity index (χ4v) is 2.10. The minimum atomic E-state index is -0.290. The molecule has 1 aromatic rings. The number of halogens is 1. The first-order valence-corrected chi connectivity index (χ1v) is 8.54. The van der Waals surface area contributed by atoms with Gasteiger partial charge in [-0.3, -0.25) is 4.79 Å². The lowest BCUT2D eigenvalue weighted by Crippen LogP contribution is -2.27. The predicted octanol–water partition coefficient (Wildman–Crippen LogP) is 3.88. The molecule has 0 unspecified atom stereocenters. The third-order valence-corrected chi connectivity index (χ3v) is 3.17. The molecule has 0 aliphatic rings. The number of aliphatic hydroxyl groups excluding tert-OH is 1. The van der Waals surface area contributed by atoms with Crippen LogP contribution in [0.3, 0.4) is 0 Å². The first-order chi connectivity index (χ1) is 11.6. The highest BCUT2D eigenvalue weighted by Crippen LogP contribution is 2.28. The number of aromatic nitrogens is 1. The Hall–Kier alpha value is -1.85. The number of hydrogen-bond donors (Lipinski definition) is 2. The molecule has 1 aromatic heterocycles. The van der Waals surface area contributed by atoms with Crippen molar-refractivity contribution in [2.24, 2.45) is 0 Å². The first kappa shape index (κ1) is 22.1. The lowest BCUT2D eigenvalue weighted by molar-refractivity contribution is 0.0943. The first-order valence-electron chi connectivity index (χ1n) is 7.78. The monoisotopic (exact) mass is 354 g/mol. The molecule has 2 N–H and O–H groups in total. The van der Waals surface area contributed by atoms with E-state index in [-0.39, 0.29) is 19.1 Å². The van der Waals surface area contributed by atoms with E-state index in [9.17, 15) is 4.79 Å².